The Morgan fingerprint density at radius 3 is 2.48 bits per heavy atom. The molecule has 1 atom stereocenters. The summed E-state index contributed by atoms with van der Waals surface area (Å²) < 4.78 is 0. The molecule has 4 heteroatoms. The van der Waals surface area contributed by atoms with Crippen molar-refractivity contribution in [3.05, 3.63) is 65.2 Å². The third kappa shape index (κ3) is 4.92. The highest BCUT2D eigenvalue weighted by Gasteiger charge is 2.20. The first kappa shape index (κ1) is 17.2. The first-order valence-electron chi connectivity index (χ1n) is 8.77. The second-order valence-electron chi connectivity index (χ2n) is 6.72. The number of amides is 1. The van der Waals surface area contributed by atoms with Crippen LogP contribution in [0.1, 0.15) is 36.0 Å². The highest BCUT2D eigenvalue weighted by Crippen LogP contribution is 2.27. The van der Waals surface area contributed by atoms with Crippen molar-refractivity contribution in [2.75, 3.05) is 5.32 Å². The van der Waals surface area contributed by atoms with Crippen LogP contribution in [-0.4, -0.2) is 17.0 Å². The molecule has 0 bridgehead atoms. The molecule has 0 spiro atoms. The minimum absolute atomic E-state index is 0.0441. The minimum atomic E-state index is -0.800. The number of hydrogen-bond donors (Lipinski definition) is 2. The molecule has 0 saturated heterocycles. The van der Waals surface area contributed by atoms with Crippen molar-refractivity contribution in [1.29, 1.82) is 0 Å². The predicted molar refractivity (Wildman–Crippen MR) is 97.6 cm³/mol. The Balaban J connectivity index is 1.50. The zero-order chi connectivity index (χ0) is 17.6. The van der Waals surface area contributed by atoms with Crippen molar-refractivity contribution in [1.82, 2.24) is 0 Å². The highest BCUT2D eigenvalue weighted by molar-refractivity contribution is 5.90. The summed E-state index contributed by atoms with van der Waals surface area (Å²) in [5, 5.41) is 11.7. The highest BCUT2D eigenvalue weighted by atomic mass is 16.4. The van der Waals surface area contributed by atoms with E-state index >= 15 is 0 Å². The summed E-state index contributed by atoms with van der Waals surface area (Å²) in [5.41, 5.74) is 4.51. The lowest BCUT2D eigenvalue weighted by Gasteiger charge is -2.24. The van der Waals surface area contributed by atoms with Crippen molar-refractivity contribution in [3.63, 3.8) is 0 Å². The quantitative estimate of drug-likeness (QED) is 0.842. The average molecular weight is 337 g/mol. The topological polar surface area (TPSA) is 66.4 Å². The fourth-order valence-electron chi connectivity index (χ4n) is 3.43. The molecule has 0 fully saturated rings. The lowest BCUT2D eigenvalue weighted by molar-refractivity contribution is -0.137. The third-order valence-corrected chi connectivity index (χ3v) is 4.79. The number of carboxylic acid groups (broad SMARTS) is 1. The van der Waals surface area contributed by atoms with E-state index in [0.29, 0.717) is 18.8 Å². The van der Waals surface area contributed by atoms with Crippen molar-refractivity contribution in [2.24, 2.45) is 5.92 Å². The van der Waals surface area contributed by atoms with Crippen LogP contribution in [0.3, 0.4) is 0 Å². The molecule has 0 aliphatic heterocycles. The van der Waals surface area contributed by atoms with Crippen LogP contribution in [0, 0.1) is 5.92 Å². The molecule has 1 amide bonds. The number of benzene rings is 2. The largest absolute Gasteiger partial charge is 0.481 e. The summed E-state index contributed by atoms with van der Waals surface area (Å²) in [5.74, 6) is -0.362. The van der Waals surface area contributed by atoms with E-state index < -0.39 is 5.97 Å². The molecule has 1 aliphatic carbocycles. The van der Waals surface area contributed by atoms with Gasteiger partial charge in [-0.05, 0) is 60.4 Å². The summed E-state index contributed by atoms with van der Waals surface area (Å²) in [6.45, 7) is 0. The van der Waals surface area contributed by atoms with Crippen molar-refractivity contribution < 1.29 is 14.7 Å². The molecule has 1 aliphatic rings. The van der Waals surface area contributed by atoms with Gasteiger partial charge in [0.25, 0.3) is 0 Å². The van der Waals surface area contributed by atoms with Crippen LogP contribution in [0.25, 0.3) is 0 Å². The molecule has 0 aromatic heterocycles. The fourth-order valence-corrected chi connectivity index (χ4v) is 3.43. The normalized spacial score (nSPS) is 16.1. The molecule has 130 valence electrons. The molecular weight excluding hydrogens is 314 g/mol. The van der Waals surface area contributed by atoms with Gasteiger partial charge >= 0.3 is 5.97 Å². The van der Waals surface area contributed by atoms with Gasteiger partial charge in [-0.2, -0.15) is 0 Å². The summed E-state index contributed by atoms with van der Waals surface area (Å²) >= 11 is 0. The van der Waals surface area contributed by atoms with Gasteiger partial charge in [0.15, 0.2) is 0 Å². The zero-order valence-electron chi connectivity index (χ0n) is 14.2. The van der Waals surface area contributed by atoms with E-state index in [2.05, 4.69) is 29.6 Å². The number of carbonyl (C=O) groups excluding carboxylic acids is 1. The maximum atomic E-state index is 12.3. The second kappa shape index (κ2) is 7.97. The average Bonchev–Trinajstić information content (AvgIpc) is 2.61. The standard InChI is InChI=1S/C21H23NO3/c23-20(14-16-5-9-17-3-1-2-4-18(17)13-16)22-19-10-6-15(7-11-19)8-12-21(24)25/h1-4,6-7,10-11,16H,5,8-9,12-14H2,(H,22,23)(H,24,25). The van der Waals surface area contributed by atoms with Crippen LogP contribution in [0.5, 0.6) is 0 Å². The Kier molecular flexibility index (Phi) is 5.49. The van der Waals surface area contributed by atoms with E-state index in [4.69, 9.17) is 5.11 Å². The smallest absolute Gasteiger partial charge is 0.303 e. The molecule has 2 aromatic rings. The molecule has 25 heavy (non-hydrogen) atoms. The zero-order valence-corrected chi connectivity index (χ0v) is 14.2. The Morgan fingerprint density at radius 1 is 1.04 bits per heavy atom. The van der Waals surface area contributed by atoms with Crippen LogP contribution in [-0.2, 0) is 28.9 Å². The fraction of sp³-hybridized carbons (Fsp3) is 0.333. The molecule has 2 aromatic carbocycles. The molecule has 0 radical (unpaired) electrons. The van der Waals surface area contributed by atoms with Gasteiger partial charge in [-0.1, -0.05) is 36.4 Å². The Hall–Kier alpha value is -2.62. The van der Waals surface area contributed by atoms with Gasteiger partial charge in [0.2, 0.25) is 5.91 Å². The van der Waals surface area contributed by atoms with Crippen LogP contribution in [0.15, 0.2) is 48.5 Å². The van der Waals surface area contributed by atoms with Gasteiger partial charge in [-0.15, -0.1) is 0 Å². The van der Waals surface area contributed by atoms with Crippen molar-refractivity contribution >= 4 is 17.6 Å². The summed E-state index contributed by atoms with van der Waals surface area (Å²) in [6.07, 6.45) is 4.23. The van der Waals surface area contributed by atoms with Gasteiger partial charge in [-0.25, -0.2) is 0 Å². The first-order valence-corrected chi connectivity index (χ1v) is 8.77. The van der Waals surface area contributed by atoms with Gasteiger partial charge in [-0.3, -0.25) is 9.59 Å². The number of fused-ring (bicyclic) bond motifs is 1. The minimum Gasteiger partial charge on any atom is -0.481 e. The number of carbonyl (C=O) groups is 2. The van der Waals surface area contributed by atoms with E-state index in [9.17, 15) is 9.59 Å². The maximum absolute atomic E-state index is 12.3. The monoisotopic (exact) mass is 337 g/mol. The van der Waals surface area contributed by atoms with Crippen molar-refractivity contribution in [2.45, 2.75) is 38.5 Å². The third-order valence-electron chi connectivity index (χ3n) is 4.79. The summed E-state index contributed by atoms with van der Waals surface area (Å²) in [4.78, 5) is 22.9. The first-order chi connectivity index (χ1) is 12.1. The van der Waals surface area contributed by atoms with Gasteiger partial charge < -0.3 is 10.4 Å². The van der Waals surface area contributed by atoms with E-state index in [1.54, 1.807) is 0 Å². The molecule has 2 N–H and O–H groups in total. The number of aryl methyl sites for hydroxylation is 2. The van der Waals surface area contributed by atoms with Crippen molar-refractivity contribution in [3.8, 4) is 0 Å². The number of rotatable bonds is 6. The lowest BCUT2D eigenvalue weighted by Crippen LogP contribution is -2.21. The molecule has 3 rings (SSSR count). The molecule has 1 unspecified atom stereocenters. The summed E-state index contributed by atoms with van der Waals surface area (Å²) in [6, 6.07) is 15.9. The van der Waals surface area contributed by atoms with E-state index in [-0.39, 0.29) is 12.3 Å². The molecule has 4 nitrogen and oxygen atoms in total. The predicted octanol–water partition coefficient (Wildman–Crippen LogP) is 3.84. The molecule has 0 saturated carbocycles. The number of aliphatic carboxylic acids is 1. The van der Waals surface area contributed by atoms with Gasteiger partial charge in [0, 0.05) is 18.5 Å². The Bertz CT molecular complexity index is 752. The van der Waals surface area contributed by atoms with E-state index in [1.807, 2.05) is 24.3 Å². The number of carboxylic acids is 1. The maximum Gasteiger partial charge on any atom is 0.303 e. The van der Waals surface area contributed by atoms with Gasteiger partial charge in [0.1, 0.15) is 0 Å². The Morgan fingerprint density at radius 2 is 1.76 bits per heavy atom. The van der Waals surface area contributed by atoms with Gasteiger partial charge in [0.05, 0.1) is 0 Å². The number of nitrogens with one attached hydrogen (secondary N) is 1. The van der Waals surface area contributed by atoms with Crippen LogP contribution < -0.4 is 5.32 Å². The number of anilines is 1. The van der Waals surface area contributed by atoms with Crippen LogP contribution in [0.4, 0.5) is 5.69 Å². The SMILES string of the molecule is O=C(O)CCc1ccc(NC(=O)CC2CCc3ccccc3C2)cc1. The number of hydrogen-bond acceptors (Lipinski definition) is 2. The second-order valence-corrected chi connectivity index (χ2v) is 6.72. The molecular formula is C21H23NO3. The summed E-state index contributed by atoms with van der Waals surface area (Å²) in [7, 11) is 0. The lowest BCUT2D eigenvalue weighted by atomic mass is 9.82. The Labute approximate surface area is 147 Å². The van der Waals surface area contributed by atoms with Crippen LogP contribution in [0.2, 0.25) is 0 Å². The van der Waals surface area contributed by atoms with Crippen LogP contribution >= 0.6 is 0 Å². The molecule has 0 heterocycles. The van der Waals surface area contributed by atoms with E-state index in [0.717, 1.165) is 30.5 Å². The van der Waals surface area contributed by atoms with E-state index in [1.165, 1.54) is 11.1 Å².